The van der Waals surface area contributed by atoms with Crippen LogP contribution in [-0.2, 0) is 19.0 Å². The topological polar surface area (TPSA) is 26.0 Å². The molecule has 4 heteroatoms. The van der Waals surface area contributed by atoms with Crippen LogP contribution in [0.25, 0.3) is 0 Å². The zero-order valence-corrected chi connectivity index (χ0v) is 10.8. The third-order valence-electron chi connectivity index (χ3n) is 2.91. The van der Waals surface area contributed by atoms with E-state index in [4.69, 9.17) is 5.73 Å². The molecule has 0 bridgehead atoms. The first kappa shape index (κ1) is 15.0. The standard InChI is InChI=1S/C14H20F3N/c1-3-11-7-12(6-4-5-10(2)18)9-13(8-11)14(15,16)17/h7-10H,3-6,18H2,1-2H3. The Kier molecular flexibility index (Phi) is 5.20. The Labute approximate surface area is 106 Å². The van der Waals surface area contributed by atoms with Crippen molar-refractivity contribution < 1.29 is 13.2 Å². The Bertz CT molecular complexity index is 383. The summed E-state index contributed by atoms with van der Waals surface area (Å²) < 4.78 is 38.1. The summed E-state index contributed by atoms with van der Waals surface area (Å²) in [5, 5.41) is 0. The molecule has 0 radical (unpaired) electrons. The largest absolute Gasteiger partial charge is 0.416 e. The van der Waals surface area contributed by atoms with Gasteiger partial charge in [-0.2, -0.15) is 13.2 Å². The van der Waals surface area contributed by atoms with Crippen molar-refractivity contribution >= 4 is 0 Å². The molecule has 18 heavy (non-hydrogen) atoms. The monoisotopic (exact) mass is 259 g/mol. The molecule has 0 fully saturated rings. The quantitative estimate of drug-likeness (QED) is 0.851. The molecule has 1 nitrogen and oxygen atoms in total. The predicted octanol–water partition coefficient (Wildman–Crippen LogP) is 3.94. The van der Waals surface area contributed by atoms with E-state index in [1.807, 2.05) is 19.9 Å². The molecule has 1 aromatic rings. The van der Waals surface area contributed by atoms with Crippen molar-refractivity contribution in [3.63, 3.8) is 0 Å². The molecule has 1 unspecified atom stereocenters. The van der Waals surface area contributed by atoms with Gasteiger partial charge in [0.15, 0.2) is 0 Å². The fraction of sp³-hybridized carbons (Fsp3) is 0.571. The summed E-state index contributed by atoms with van der Waals surface area (Å²) in [7, 11) is 0. The summed E-state index contributed by atoms with van der Waals surface area (Å²) in [5.41, 5.74) is 6.58. The molecule has 0 saturated carbocycles. The highest BCUT2D eigenvalue weighted by Crippen LogP contribution is 2.31. The third kappa shape index (κ3) is 4.69. The van der Waals surface area contributed by atoms with Gasteiger partial charge in [0.1, 0.15) is 0 Å². The second-order valence-electron chi connectivity index (χ2n) is 4.76. The van der Waals surface area contributed by atoms with Gasteiger partial charge < -0.3 is 5.73 Å². The van der Waals surface area contributed by atoms with Gasteiger partial charge in [-0.05, 0) is 55.9 Å². The molecule has 1 rings (SSSR count). The minimum atomic E-state index is -4.26. The van der Waals surface area contributed by atoms with Crippen molar-refractivity contribution in [2.45, 2.75) is 51.7 Å². The highest BCUT2D eigenvalue weighted by molar-refractivity contribution is 5.32. The zero-order chi connectivity index (χ0) is 13.8. The molecule has 1 atom stereocenters. The van der Waals surface area contributed by atoms with Crippen LogP contribution in [0.2, 0.25) is 0 Å². The summed E-state index contributed by atoms with van der Waals surface area (Å²) in [4.78, 5) is 0. The molecule has 0 spiro atoms. The summed E-state index contributed by atoms with van der Waals surface area (Å²) in [5.74, 6) is 0. The van der Waals surface area contributed by atoms with E-state index in [-0.39, 0.29) is 6.04 Å². The molecule has 2 N–H and O–H groups in total. The molecule has 102 valence electrons. The maximum atomic E-state index is 12.7. The van der Waals surface area contributed by atoms with Crippen LogP contribution in [0, 0.1) is 0 Å². The average Bonchev–Trinajstić information content (AvgIpc) is 2.27. The summed E-state index contributed by atoms with van der Waals surface area (Å²) in [6.45, 7) is 3.77. The smallest absolute Gasteiger partial charge is 0.328 e. The third-order valence-corrected chi connectivity index (χ3v) is 2.91. The summed E-state index contributed by atoms with van der Waals surface area (Å²) in [6.07, 6.45) is -1.34. The van der Waals surface area contributed by atoms with E-state index in [0.717, 1.165) is 24.0 Å². The van der Waals surface area contributed by atoms with Crippen LogP contribution in [-0.4, -0.2) is 6.04 Å². The number of aryl methyl sites for hydroxylation is 2. The second kappa shape index (κ2) is 6.23. The number of nitrogens with two attached hydrogens (primary N) is 1. The first-order valence-corrected chi connectivity index (χ1v) is 6.28. The first-order valence-electron chi connectivity index (χ1n) is 6.28. The van der Waals surface area contributed by atoms with E-state index >= 15 is 0 Å². The maximum absolute atomic E-state index is 12.7. The molecule has 1 aromatic carbocycles. The van der Waals surface area contributed by atoms with Gasteiger partial charge in [-0.25, -0.2) is 0 Å². The molecule has 0 aromatic heterocycles. The van der Waals surface area contributed by atoms with Crippen LogP contribution in [0.3, 0.4) is 0 Å². The van der Waals surface area contributed by atoms with E-state index in [1.54, 1.807) is 0 Å². The van der Waals surface area contributed by atoms with Gasteiger partial charge >= 0.3 is 6.18 Å². The normalized spacial score (nSPS) is 13.7. The molecule has 0 heterocycles. The fourth-order valence-electron chi connectivity index (χ4n) is 1.90. The Morgan fingerprint density at radius 1 is 1.17 bits per heavy atom. The van der Waals surface area contributed by atoms with Gasteiger partial charge in [-0.1, -0.05) is 13.0 Å². The van der Waals surface area contributed by atoms with E-state index in [2.05, 4.69) is 0 Å². The lowest BCUT2D eigenvalue weighted by molar-refractivity contribution is -0.137. The predicted molar refractivity (Wildman–Crippen MR) is 67.4 cm³/mol. The minimum Gasteiger partial charge on any atom is -0.328 e. The molecule has 0 aliphatic carbocycles. The van der Waals surface area contributed by atoms with Crippen molar-refractivity contribution in [3.05, 3.63) is 34.9 Å². The van der Waals surface area contributed by atoms with Gasteiger partial charge in [0.25, 0.3) is 0 Å². The van der Waals surface area contributed by atoms with Crippen LogP contribution < -0.4 is 5.73 Å². The van der Waals surface area contributed by atoms with Gasteiger partial charge in [0.05, 0.1) is 5.56 Å². The lowest BCUT2D eigenvalue weighted by Crippen LogP contribution is -2.14. The van der Waals surface area contributed by atoms with Crippen LogP contribution in [0.5, 0.6) is 0 Å². The van der Waals surface area contributed by atoms with Gasteiger partial charge in [-0.15, -0.1) is 0 Å². The van der Waals surface area contributed by atoms with E-state index in [0.29, 0.717) is 12.8 Å². The second-order valence-corrected chi connectivity index (χ2v) is 4.76. The maximum Gasteiger partial charge on any atom is 0.416 e. The van der Waals surface area contributed by atoms with Gasteiger partial charge in [0.2, 0.25) is 0 Å². The number of hydrogen-bond acceptors (Lipinski definition) is 1. The van der Waals surface area contributed by atoms with E-state index in [9.17, 15) is 13.2 Å². The Morgan fingerprint density at radius 2 is 1.78 bits per heavy atom. The van der Waals surface area contributed by atoms with Crippen molar-refractivity contribution in [1.29, 1.82) is 0 Å². The van der Waals surface area contributed by atoms with Crippen molar-refractivity contribution in [2.24, 2.45) is 5.73 Å². The number of alkyl halides is 3. The van der Waals surface area contributed by atoms with Crippen LogP contribution in [0.4, 0.5) is 13.2 Å². The van der Waals surface area contributed by atoms with E-state index < -0.39 is 11.7 Å². The van der Waals surface area contributed by atoms with Gasteiger partial charge in [0, 0.05) is 6.04 Å². The lowest BCUT2D eigenvalue weighted by Gasteiger charge is -2.12. The van der Waals surface area contributed by atoms with E-state index in [1.165, 1.54) is 12.1 Å². The van der Waals surface area contributed by atoms with Crippen LogP contribution in [0.15, 0.2) is 18.2 Å². The Morgan fingerprint density at radius 3 is 2.28 bits per heavy atom. The summed E-state index contributed by atoms with van der Waals surface area (Å²) >= 11 is 0. The molecule has 0 aliphatic heterocycles. The number of halogens is 3. The Hall–Kier alpha value is -1.03. The molecule has 0 saturated heterocycles. The minimum absolute atomic E-state index is 0.0986. The van der Waals surface area contributed by atoms with Crippen molar-refractivity contribution in [2.75, 3.05) is 0 Å². The molecule has 0 aliphatic rings. The SMILES string of the molecule is CCc1cc(CCCC(C)N)cc(C(F)(F)F)c1. The number of hydrogen-bond donors (Lipinski definition) is 1. The fourth-order valence-corrected chi connectivity index (χ4v) is 1.90. The number of rotatable bonds is 5. The summed E-state index contributed by atoms with van der Waals surface area (Å²) in [6, 6.07) is 4.44. The van der Waals surface area contributed by atoms with Crippen molar-refractivity contribution in [3.8, 4) is 0 Å². The molecular formula is C14H20F3N. The van der Waals surface area contributed by atoms with Crippen LogP contribution in [0.1, 0.15) is 43.4 Å². The Balaban J connectivity index is 2.84. The lowest BCUT2D eigenvalue weighted by atomic mass is 9.99. The number of benzene rings is 1. The first-order chi connectivity index (χ1) is 8.32. The van der Waals surface area contributed by atoms with Crippen molar-refractivity contribution in [1.82, 2.24) is 0 Å². The van der Waals surface area contributed by atoms with Gasteiger partial charge in [-0.3, -0.25) is 0 Å². The average molecular weight is 259 g/mol. The molecular weight excluding hydrogens is 239 g/mol. The van der Waals surface area contributed by atoms with Crippen LogP contribution >= 0.6 is 0 Å². The highest BCUT2D eigenvalue weighted by atomic mass is 19.4. The zero-order valence-electron chi connectivity index (χ0n) is 10.8. The molecule has 0 amide bonds. The highest BCUT2D eigenvalue weighted by Gasteiger charge is 2.30.